The van der Waals surface area contributed by atoms with Crippen molar-refractivity contribution in [2.45, 2.75) is 39.5 Å². The first-order chi connectivity index (χ1) is 15.4. The molecule has 0 atom stereocenters. The van der Waals surface area contributed by atoms with Crippen molar-refractivity contribution in [2.75, 3.05) is 16.8 Å². The largest absolute Gasteiger partial charge is 0.302 e. The van der Waals surface area contributed by atoms with Crippen LogP contribution >= 0.6 is 22.9 Å². The molecule has 7 nitrogen and oxygen atoms in total. The van der Waals surface area contributed by atoms with E-state index in [0.29, 0.717) is 46.2 Å². The monoisotopic (exact) mass is 467 g/mol. The number of thiazole rings is 1. The van der Waals surface area contributed by atoms with Gasteiger partial charge in [-0.15, -0.1) is 0 Å². The average Bonchev–Trinajstić information content (AvgIpc) is 3.46. The molecule has 2 aliphatic rings. The number of aromatic nitrogens is 3. The van der Waals surface area contributed by atoms with Gasteiger partial charge in [0, 0.05) is 37.3 Å². The van der Waals surface area contributed by atoms with Gasteiger partial charge in [0.2, 0.25) is 5.91 Å². The van der Waals surface area contributed by atoms with Gasteiger partial charge in [0.1, 0.15) is 10.7 Å². The molecule has 3 aromatic rings. The maximum absolute atomic E-state index is 13.2. The lowest BCUT2D eigenvalue weighted by molar-refractivity contribution is -0.116. The Labute approximate surface area is 194 Å². The first-order valence-corrected chi connectivity index (χ1v) is 11.8. The minimum Gasteiger partial charge on any atom is -0.302 e. The highest BCUT2D eigenvalue weighted by Gasteiger charge is 2.31. The molecule has 4 heterocycles. The number of hydrogen-bond donors (Lipinski definition) is 1. The Balaban J connectivity index is 1.41. The van der Waals surface area contributed by atoms with Gasteiger partial charge in [-0.1, -0.05) is 29.0 Å². The topological polar surface area (TPSA) is 88.1 Å². The van der Waals surface area contributed by atoms with Crippen LogP contribution in [-0.2, 0) is 11.2 Å². The highest BCUT2D eigenvalue weighted by molar-refractivity contribution is 7.18. The highest BCUT2D eigenvalue weighted by atomic mass is 35.5. The summed E-state index contributed by atoms with van der Waals surface area (Å²) in [7, 11) is 0. The molecule has 2 amide bonds. The van der Waals surface area contributed by atoms with Crippen LogP contribution in [0.15, 0.2) is 24.5 Å². The molecule has 0 spiro atoms. The molecule has 9 heteroatoms. The van der Waals surface area contributed by atoms with E-state index < -0.39 is 0 Å². The lowest BCUT2D eigenvalue weighted by Crippen LogP contribution is -2.37. The summed E-state index contributed by atoms with van der Waals surface area (Å²) in [6, 6.07) is 3.86. The van der Waals surface area contributed by atoms with Gasteiger partial charge >= 0.3 is 0 Å². The van der Waals surface area contributed by atoms with Crippen molar-refractivity contribution < 1.29 is 9.59 Å². The molecule has 164 valence electrons. The summed E-state index contributed by atoms with van der Waals surface area (Å²) in [5.74, 6) is 0.821. The Morgan fingerprint density at radius 3 is 2.81 bits per heavy atom. The third kappa shape index (κ3) is 4.12. The first kappa shape index (κ1) is 21.0. The number of rotatable bonds is 5. The summed E-state index contributed by atoms with van der Waals surface area (Å²) in [4.78, 5) is 41.0. The van der Waals surface area contributed by atoms with Crippen LogP contribution in [0.4, 0.5) is 10.9 Å². The van der Waals surface area contributed by atoms with E-state index in [0.717, 1.165) is 40.9 Å². The van der Waals surface area contributed by atoms with Crippen molar-refractivity contribution in [1.82, 2.24) is 15.0 Å². The van der Waals surface area contributed by atoms with Gasteiger partial charge in [-0.25, -0.2) is 9.97 Å². The minimum absolute atomic E-state index is 0.0344. The Hall–Kier alpha value is -2.84. The van der Waals surface area contributed by atoms with Crippen LogP contribution in [0, 0.1) is 19.8 Å². The highest BCUT2D eigenvalue weighted by Crippen LogP contribution is 2.36. The lowest BCUT2D eigenvalue weighted by atomic mass is 10.1. The minimum atomic E-state index is -0.166. The first-order valence-electron chi connectivity index (χ1n) is 10.6. The number of halogens is 1. The van der Waals surface area contributed by atoms with Crippen LogP contribution in [0.1, 0.15) is 45.8 Å². The number of anilines is 2. The van der Waals surface area contributed by atoms with Crippen LogP contribution in [0.3, 0.4) is 0 Å². The van der Waals surface area contributed by atoms with Crippen LogP contribution in [-0.4, -0.2) is 33.3 Å². The fraction of sp³-hybridized carbons (Fsp3) is 0.348. The number of hydrogen-bond acceptors (Lipinski definition) is 6. The number of carbonyl (C=O) groups excluding carboxylic acids is 2. The van der Waals surface area contributed by atoms with Crippen molar-refractivity contribution in [3.63, 3.8) is 0 Å². The molecule has 5 rings (SSSR count). The molecule has 0 saturated heterocycles. The van der Waals surface area contributed by atoms with Crippen molar-refractivity contribution in [3.05, 3.63) is 51.2 Å². The predicted molar refractivity (Wildman–Crippen MR) is 125 cm³/mol. The number of nitrogens with one attached hydrogen (secondary N) is 1. The molecule has 32 heavy (non-hydrogen) atoms. The Morgan fingerprint density at radius 1 is 1.25 bits per heavy atom. The maximum Gasteiger partial charge on any atom is 0.271 e. The standard InChI is InChI=1S/C23H22ClN5O2S/c1-12-7-13(2)20(26-10-12)15-9-18(25-11-16(15)24)29-6-5-17-21(22(29)31)32-23(27-17)28-19(30)8-14-3-4-14/h7,9-11,14H,3-6,8H2,1-2H3,(H,27,28,30). The second-order valence-electron chi connectivity index (χ2n) is 8.40. The zero-order valence-corrected chi connectivity index (χ0v) is 19.4. The maximum atomic E-state index is 13.2. The van der Waals surface area contributed by atoms with E-state index in [-0.39, 0.29) is 11.8 Å². The molecule has 1 N–H and O–H groups in total. The summed E-state index contributed by atoms with van der Waals surface area (Å²) >= 11 is 7.66. The van der Waals surface area contributed by atoms with Crippen molar-refractivity contribution in [2.24, 2.45) is 5.92 Å². The summed E-state index contributed by atoms with van der Waals surface area (Å²) < 4.78 is 0. The van der Waals surface area contributed by atoms with Crippen LogP contribution in [0.5, 0.6) is 0 Å². The predicted octanol–water partition coefficient (Wildman–Crippen LogP) is 4.81. The van der Waals surface area contributed by atoms with Gasteiger partial charge in [0.15, 0.2) is 5.13 Å². The SMILES string of the molecule is Cc1cnc(-c2cc(N3CCc4nc(NC(=O)CC5CC5)sc4C3=O)ncc2Cl)c(C)c1. The van der Waals surface area contributed by atoms with Gasteiger partial charge in [0.05, 0.1) is 16.4 Å². The van der Waals surface area contributed by atoms with Crippen molar-refractivity contribution >= 4 is 45.7 Å². The quantitative estimate of drug-likeness (QED) is 0.581. The van der Waals surface area contributed by atoms with E-state index in [1.54, 1.807) is 17.3 Å². The molecule has 0 bridgehead atoms. The molecule has 1 saturated carbocycles. The molecule has 1 fully saturated rings. The number of nitrogens with zero attached hydrogens (tertiary/aromatic N) is 4. The number of fused-ring (bicyclic) bond motifs is 1. The van der Waals surface area contributed by atoms with Gasteiger partial charge in [0.25, 0.3) is 5.91 Å². The Bertz CT molecular complexity index is 1240. The second kappa shape index (κ2) is 8.26. The molecular weight excluding hydrogens is 446 g/mol. The smallest absolute Gasteiger partial charge is 0.271 e. The number of aryl methyl sites for hydroxylation is 2. The van der Waals surface area contributed by atoms with E-state index in [9.17, 15) is 9.59 Å². The zero-order valence-electron chi connectivity index (χ0n) is 17.8. The van der Waals surface area contributed by atoms with Crippen LogP contribution in [0.25, 0.3) is 11.3 Å². The van der Waals surface area contributed by atoms with E-state index >= 15 is 0 Å². The molecule has 0 radical (unpaired) electrons. The summed E-state index contributed by atoms with van der Waals surface area (Å²) in [5, 5.41) is 3.82. The summed E-state index contributed by atoms with van der Waals surface area (Å²) in [5.41, 5.74) is 4.31. The zero-order chi connectivity index (χ0) is 22.4. The van der Waals surface area contributed by atoms with Crippen LogP contribution < -0.4 is 10.2 Å². The van der Waals surface area contributed by atoms with Gasteiger partial charge in [-0.2, -0.15) is 0 Å². The van der Waals surface area contributed by atoms with Gasteiger partial charge < -0.3 is 5.32 Å². The normalized spacial score (nSPS) is 15.6. The van der Waals surface area contributed by atoms with E-state index in [1.807, 2.05) is 26.0 Å². The fourth-order valence-electron chi connectivity index (χ4n) is 3.91. The Morgan fingerprint density at radius 2 is 2.06 bits per heavy atom. The molecular formula is C23H22ClN5O2S. The number of pyridine rings is 2. The van der Waals surface area contributed by atoms with Gasteiger partial charge in [-0.3, -0.25) is 19.5 Å². The van der Waals surface area contributed by atoms with E-state index in [1.165, 1.54) is 11.3 Å². The third-order valence-corrected chi connectivity index (χ3v) is 7.02. The molecule has 0 aromatic carbocycles. The molecule has 3 aromatic heterocycles. The molecule has 1 aliphatic carbocycles. The van der Waals surface area contributed by atoms with E-state index in [2.05, 4.69) is 20.3 Å². The summed E-state index contributed by atoms with van der Waals surface area (Å²) in [6.45, 7) is 4.44. The molecule has 1 aliphatic heterocycles. The van der Waals surface area contributed by atoms with E-state index in [4.69, 9.17) is 11.6 Å². The fourth-order valence-corrected chi connectivity index (χ4v) is 5.08. The van der Waals surface area contributed by atoms with Crippen LogP contribution in [0.2, 0.25) is 5.02 Å². The Kier molecular flexibility index (Phi) is 5.43. The summed E-state index contributed by atoms with van der Waals surface area (Å²) in [6.07, 6.45) is 6.71. The number of carbonyl (C=O) groups is 2. The number of amides is 2. The second-order valence-corrected chi connectivity index (χ2v) is 9.80. The lowest BCUT2D eigenvalue weighted by Gasteiger charge is -2.25. The third-order valence-electron chi connectivity index (χ3n) is 5.71. The molecule has 0 unspecified atom stereocenters. The van der Waals surface area contributed by atoms with Crippen molar-refractivity contribution in [3.8, 4) is 11.3 Å². The van der Waals surface area contributed by atoms with Gasteiger partial charge in [-0.05, 0) is 49.8 Å². The average molecular weight is 468 g/mol. The van der Waals surface area contributed by atoms with Crippen molar-refractivity contribution in [1.29, 1.82) is 0 Å².